The van der Waals surface area contributed by atoms with Gasteiger partial charge in [-0.2, -0.15) is 0 Å². The molecule has 118 valence electrons. The van der Waals surface area contributed by atoms with E-state index in [4.69, 9.17) is 5.11 Å². The lowest BCUT2D eigenvalue weighted by Gasteiger charge is -2.39. The Labute approximate surface area is 126 Å². The number of carbonyl (C=O) groups is 2. The van der Waals surface area contributed by atoms with Crippen molar-refractivity contribution in [3.8, 4) is 0 Å². The third-order valence-corrected chi connectivity index (χ3v) is 5.67. The van der Waals surface area contributed by atoms with Gasteiger partial charge in [-0.05, 0) is 49.9 Å². The van der Waals surface area contributed by atoms with Crippen LogP contribution in [0.2, 0.25) is 0 Å². The van der Waals surface area contributed by atoms with Crippen molar-refractivity contribution in [2.24, 2.45) is 11.3 Å². The van der Waals surface area contributed by atoms with Crippen molar-refractivity contribution in [1.29, 1.82) is 0 Å². The van der Waals surface area contributed by atoms with E-state index in [1.807, 2.05) is 4.90 Å². The van der Waals surface area contributed by atoms with Gasteiger partial charge in [0.05, 0.1) is 6.42 Å². The van der Waals surface area contributed by atoms with Gasteiger partial charge in [0.2, 0.25) is 0 Å². The highest BCUT2D eigenvalue weighted by Gasteiger charge is 2.39. The molecule has 3 rings (SSSR count). The van der Waals surface area contributed by atoms with Crippen LogP contribution < -0.4 is 5.32 Å². The number of hydrogen-bond donors (Lipinski definition) is 2. The molecule has 1 saturated heterocycles. The number of rotatable bonds is 4. The Balaban J connectivity index is 1.50. The van der Waals surface area contributed by atoms with Crippen LogP contribution in [0.25, 0.3) is 0 Å². The second-order valence-corrected chi connectivity index (χ2v) is 7.19. The van der Waals surface area contributed by atoms with Crippen LogP contribution in [0.5, 0.6) is 0 Å². The van der Waals surface area contributed by atoms with E-state index in [-0.39, 0.29) is 18.5 Å². The standard InChI is InChI=1S/C16H26N2O3/c19-14(20)11-13(12-3-4-12)17-15(21)18-9-7-16(8-10-18)5-1-2-6-16/h12-13H,1-11H2,(H,17,21)(H,19,20). The minimum Gasteiger partial charge on any atom is -0.481 e. The van der Waals surface area contributed by atoms with Crippen LogP contribution in [-0.2, 0) is 4.79 Å². The second-order valence-electron chi connectivity index (χ2n) is 7.19. The lowest BCUT2D eigenvalue weighted by atomic mass is 9.77. The van der Waals surface area contributed by atoms with Crippen molar-refractivity contribution < 1.29 is 14.7 Å². The molecule has 1 unspecified atom stereocenters. The predicted molar refractivity (Wildman–Crippen MR) is 79.0 cm³/mol. The first kappa shape index (κ1) is 14.7. The molecule has 5 nitrogen and oxygen atoms in total. The number of carboxylic acids is 1. The van der Waals surface area contributed by atoms with Crippen molar-refractivity contribution in [2.45, 2.75) is 63.8 Å². The molecular formula is C16H26N2O3. The van der Waals surface area contributed by atoms with Crippen molar-refractivity contribution in [1.82, 2.24) is 10.2 Å². The summed E-state index contributed by atoms with van der Waals surface area (Å²) in [4.78, 5) is 25.1. The van der Waals surface area contributed by atoms with Gasteiger partial charge in [0.1, 0.15) is 0 Å². The third-order valence-electron chi connectivity index (χ3n) is 5.67. The maximum atomic E-state index is 12.3. The Bertz CT molecular complexity index is 404. The second kappa shape index (κ2) is 5.85. The van der Waals surface area contributed by atoms with Crippen molar-refractivity contribution in [2.75, 3.05) is 13.1 Å². The largest absolute Gasteiger partial charge is 0.481 e. The average Bonchev–Trinajstić information content (AvgIpc) is 3.21. The van der Waals surface area contributed by atoms with Gasteiger partial charge >= 0.3 is 12.0 Å². The SMILES string of the molecule is O=C(O)CC(NC(=O)N1CCC2(CCCC2)CC1)C1CC1. The number of piperidine rings is 1. The van der Waals surface area contributed by atoms with Crippen molar-refractivity contribution in [3.05, 3.63) is 0 Å². The van der Waals surface area contributed by atoms with Gasteiger partial charge in [-0.1, -0.05) is 12.8 Å². The minimum absolute atomic E-state index is 0.0498. The van der Waals surface area contributed by atoms with Crippen molar-refractivity contribution >= 4 is 12.0 Å². The van der Waals surface area contributed by atoms with Crippen LogP contribution in [0, 0.1) is 11.3 Å². The molecular weight excluding hydrogens is 268 g/mol. The molecule has 0 aromatic rings. The Kier molecular flexibility index (Phi) is 4.09. The summed E-state index contributed by atoms with van der Waals surface area (Å²) in [6.45, 7) is 1.66. The van der Waals surface area contributed by atoms with Crippen LogP contribution in [-0.4, -0.2) is 41.1 Å². The van der Waals surface area contributed by atoms with Gasteiger partial charge in [0, 0.05) is 19.1 Å². The summed E-state index contributed by atoms with van der Waals surface area (Å²) in [7, 11) is 0. The zero-order valence-corrected chi connectivity index (χ0v) is 12.6. The molecule has 0 aromatic heterocycles. The summed E-state index contributed by atoms with van der Waals surface area (Å²) in [5.41, 5.74) is 0.508. The molecule has 0 aromatic carbocycles. The average molecular weight is 294 g/mol. The zero-order chi connectivity index (χ0) is 14.9. The number of aliphatic carboxylic acids is 1. The van der Waals surface area contributed by atoms with Crippen LogP contribution in [0.3, 0.4) is 0 Å². The minimum atomic E-state index is -0.823. The molecule has 2 amide bonds. The summed E-state index contributed by atoms with van der Waals surface area (Å²) in [5, 5.41) is 11.9. The lowest BCUT2D eigenvalue weighted by Crippen LogP contribution is -2.50. The summed E-state index contributed by atoms with van der Waals surface area (Å²) in [6.07, 6.45) is 9.71. The number of urea groups is 1. The molecule has 1 spiro atoms. The highest BCUT2D eigenvalue weighted by atomic mass is 16.4. The van der Waals surface area contributed by atoms with Gasteiger partial charge < -0.3 is 15.3 Å². The van der Waals surface area contributed by atoms with Crippen LogP contribution >= 0.6 is 0 Å². The van der Waals surface area contributed by atoms with Gasteiger partial charge in [0.25, 0.3) is 0 Å². The van der Waals surface area contributed by atoms with E-state index in [0.29, 0.717) is 11.3 Å². The number of amides is 2. The summed E-state index contributed by atoms with van der Waals surface area (Å²) < 4.78 is 0. The van der Waals surface area contributed by atoms with E-state index in [1.165, 1.54) is 25.7 Å². The molecule has 0 bridgehead atoms. The van der Waals surface area contributed by atoms with E-state index in [0.717, 1.165) is 38.8 Å². The fraction of sp³-hybridized carbons (Fsp3) is 0.875. The predicted octanol–water partition coefficient (Wildman–Crippen LogP) is 2.61. The molecule has 0 radical (unpaired) electrons. The van der Waals surface area contributed by atoms with Gasteiger partial charge in [-0.3, -0.25) is 4.79 Å². The third kappa shape index (κ3) is 3.50. The molecule has 2 N–H and O–H groups in total. The first-order chi connectivity index (χ1) is 10.1. The molecule has 1 aliphatic heterocycles. The van der Waals surface area contributed by atoms with Gasteiger partial charge in [-0.15, -0.1) is 0 Å². The molecule has 1 heterocycles. The lowest BCUT2D eigenvalue weighted by molar-refractivity contribution is -0.137. The monoisotopic (exact) mass is 294 g/mol. The number of nitrogens with zero attached hydrogens (tertiary/aromatic N) is 1. The Morgan fingerprint density at radius 2 is 1.76 bits per heavy atom. The smallest absolute Gasteiger partial charge is 0.317 e. The molecule has 21 heavy (non-hydrogen) atoms. The van der Waals surface area contributed by atoms with Crippen LogP contribution in [0.4, 0.5) is 4.79 Å². The van der Waals surface area contributed by atoms with E-state index >= 15 is 0 Å². The molecule has 2 saturated carbocycles. The zero-order valence-electron chi connectivity index (χ0n) is 12.6. The Hall–Kier alpha value is -1.26. The van der Waals surface area contributed by atoms with Crippen LogP contribution in [0.1, 0.15) is 57.8 Å². The summed E-state index contributed by atoms with van der Waals surface area (Å²) in [6, 6.07) is -0.238. The van der Waals surface area contributed by atoms with E-state index in [2.05, 4.69) is 5.32 Å². The van der Waals surface area contributed by atoms with Gasteiger partial charge in [-0.25, -0.2) is 4.79 Å². The quantitative estimate of drug-likeness (QED) is 0.837. The number of carboxylic acid groups (broad SMARTS) is 1. The maximum Gasteiger partial charge on any atom is 0.317 e. The molecule has 3 fully saturated rings. The molecule has 3 aliphatic rings. The number of carbonyl (C=O) groups excluding carboxylic acids is 1. The highest BCUT2D eigenvalue weighted by molar-refractivity contribution is 5.76. The first-order valence-electron chi connectivity index (χ1n) is 8.35. The fourth-order valence-corrected chi connectivity index (χ4v) is 4.08. The van der Waals surface area contributed by atoms with Crippen molar-refractivity contribution in [3.63, 3.8) is 0 Å². The number of hydrogen-bond acceptors (Lipinski definition) is 2. The normalized spacial score (nSPS) is 25.8. The first-order valence-corrected chi connectivity index (χ1v) is 8.35. The molecule has 1 atom stereocenters. The van der Waals surface area contributed by atoms with Crippen LogP contribution in [0.15, 0.2) is 0 Å². The Morgan fingerprint density at radius 1 is 1.14 bits per heavy atom. The molecule has 2 aliphatic carbocycles. The Morgan fingerprint density at radius 3 is 2.29 bits per heavy atom. The number of nitrogens with one attached hydrogen (secondary N) is 1. The maximum absolute atomic E-state index is 12.3. The molecule has 5 heteroatoms. The number of likely N-dealkylation sites (tertiary alicyclic amines) is 1. The summed E-state index contributed by atoms with van der Waals surface area (Å²) >= 11 is 0. The van der Waals surface area contributed by atoms with E-state index in [1.54, 1.807) is 0 Å². The fourth-order valence-electron chi connectivity index (χ4n) is 4.08. The topological polar surface area (TPSA) is 69.6 Å². The highest BCUT2D eigenvalue weighted by Crippen LogP contribution is 2.46. The van der Waals surface area contributed by atoms with E-state index in [9.17, 15) is 9.59 Å². The summed E-state index contributed by atoms with van der Waals surface area (Å²) in [5.74, 6) is -0.452. The van der Waals surface area contributed by atoms with Gasteiger partial charge in [0.15, 0.2) is 0 Å². The van der Waals surface area contributed by atoms with E-state index < -0.39 is 5.97 Å².